The number of aromatic nitrogens is 2. The highest BCUT2D eigenvalue weighted by molar-refractivity contribution is 5.77. The van der Waals surface area contributed by atoms with Gasteiger partial charge in [0.1, 0.15) is 0 Å². The standard InChI is InChI=1S/C23H27N3O2/c1-17-7-8-21-20(15-17)22(27)26(23(28)24-21)14-11-18-9-12-25(13-10-18)16-19-5-3-2-4-6-19/h2-8,15,18H,9-14,16H2,1H3,(H,24,28). The molecule has 0 spiro atoms. The van der Waals surface area contributed by atoms with Crippen molar-refractivity contribution in [2.45, 2.75) is 39.3 Å². The maximum Gasteiger partial charge on any atom is 0.328 e. The van der Waals surface area contributed by atoms with Crippen molar-refractivity contribution in [2.75, 3.05) is 13.1 Å². The summed E-state index contributed by atoms with van der Waals surface area (Å²) < 4.78 is 1.37. The Morgan fingerprint density at radius 1 is 1.04 bits per heavy atom. The van der Waals surface area contributed by atoms with Crippen LogP contribution >= 0.6 is 0 Å². The molecular weight excluding hydrogens is 350 g/mol. The molecule has 5 heteroatoms. The summed E-state index contributed by atoms with van der Waals surface area (Å²) in [6, 6.07) is 16.1. The number of likely N-dealkylation sites (tertiary alicyclic amines) is 1. The molecule has 4 rings (SSSR count). The van der Waals surface area contributed by atoms with Gasteiger partial charge in [0.05, 0.1) is 10.9 Å². The summed E-state index contributed by atoms with van der Waals surface area (Å²) >= 11 is 0. The average molecular weight is 377 g/mol. The van der Waals surface area contributed by atoms with Crippen molar-refractivity contribution < 1.29 is 0 Å². The number of aryl methyl sites for hydroxylation is 1. The Morgan fingerprint density at radius 2 is 1.79 bits per heavy atom. The number of fused-ring (bicyclic) bond motifs is 1. The zero-order valence-corrected chi connectivity index (χ0v) is 16.4. The third-order valence-electron chi connectivity index (χ3n) is 5.85. The monoisotopic (exact) mass is 377 g/mol. The molecule has 5 nitrogen and oxygen atoms in total. The topological polar surface area (TPSA) is 58.1 Å². The van der Waals surface area contributed by atoms with E-state index in [1.165, 1.54) is 10.1 Å². The summed E-state index contributed by atoms with van der Waals surface area (Å²) in [5, 5.41) is 0.595. The van der Waals surface area contributed by atoms with Crippen molar-refractivity contribution in [1.29, 1.82) is 0 Å². The molecule has 0 atom stereocenters. The molecule has 1 aliphatic rings. The van der Waals surface area contributed by atoms with Gasteiger partial charge in [-0.05, 0) is 62.9 Å². The number of piperidine rings is 1. The lowest BCUT2D eigenvalue weighted by molar-refractivity contribution is 0.169. The van der Waals surface area contributed by atoms with Gasteiger partial charge in [-0.25, -0.2) is 4.79 Å². The highest BCUT2D eigenvalue weighted by atomic mass is 16.2. The molecule has 1 fully saturated rings. The molecule has 0 radical (unpaired) electrons. The van der Waals surface area contributed by atoms with Crippen LogP contribution < -0.4 is 11.2 Å². The Kier molecular flexibility index (Phi) is 5.44. The summed E-state index contributed by atoms with van der Waals surface area (Å²) in [5.74, 6) is 0.562. The predicted octanol–water partition coefficient (Wildman–Crippen LogP) is 3.30. The number of H-pyrrole nitrogens is 1. The van der Waals surface area contributed by atoms with Crippen LogP contribution in [0.5, 0.6) is 0 Å². The van der Waals surface area contributed by atoms with Gasteiger partial charge >= 0.3 is 5.69 Å². The molecule has 146 valence electrons. The number of aromatic amines is 1. The minimum absolute atomic E-state index is 0.177. The number of nitrogens with zero attached hydrogens (tertiary/aromatic N) is 2. The van der Waals surface area contributed by atoms with Gasteiger partial charge in [-0.15, -0.1) is 0 Å². The molecule has 3 aromatic rings. The number of rotatable bonds is 5. The van der Waals surface area contributed by atoms with Crippen LogP contribution in [0.1, 0.15) is 30.4 Å². The quantitative estimate of drug-likeness (QED) is 0.742. The molecular formula is C23H27N3O2. The van der Waals surface area contributed by atoms with E-state index in [1.54, 1.807) is 6.07 Å². The van der Waals surface area contributed by atoms with Crippen molar-refractivity contribution in [3.05, 3.63) is 80.5 Å². The van der Waals surface area contributed by atoms with Gasteiger partial charge in [-0.1, -0.05) is 42.0 Å². The van der Waals surface area contributed by atoms with E-state index in [0.29, 0.717) is 23.4 Å². The van der Waals surface area contributed by atoms with Gasteiger partial charge in [-0.3, -0.25) is 14.3 Å². The van der Waals surface area contributed by atoms with Gasteiger partial charge in [0, 0.05) is 13.1 Å². The fourth-order valence-corrected chi connectivity index (χ4v) is 4.15. The van der Waals surface area contributed by atoms with Gasteiger partial charge in [-0.2, -0.15) is 0 Å². The van der Waals surface area contributed by atoms with Gasteiger partial charge < -0.3 is 4.98 Å². The highest BCUT2D eigenvalue weighted by Gasteiger charge is 2.20. The molecule has 0 saturated carbocycles. The molecule has 1 aromatic heterocycles. The van der Waals surface area contributed by atoms with Gasteiger partial charge in [0.15, 0.2) is 0 Å². The van der Waals surface area contributed by atoms with Crippen LogP contribution in [-0.4, -0.2) is 27.5 Å². The van der Waals surface area contributed by atoms with Crippen molar-refractivity contribution >= 4 is 10.9 Å². The molecule has 28 heavy (non-hydrogen) atoms. The Morgan fingerprint density at radius 3 is 2.54 bits per heavy atom. The van der Waals surface area contributed by atoms with E-state index in [9.17, 15) is 9.59 Å². The maximum atomic E-state index is 12.8. The minimum Gasteiger partial charge on any atom is -0.307 e. The second kappa shape index (κ2) is 8.15. The van der Waals surface area contributed by atoms with E-state index < -0.39 is 0 Å². The third kappa shape index (κ3) is 4.09. The van der Waals surface area contributed by atoms with Crippen LogP contribution in [0.3, 0.4) is 0 Å². The largest absolute Gasteiger partial charge is 0.328 e. The summed E-state index contributed by atoms with van der Waals surface area (Å²) in [7, 11) is 0. The van der Waals surface area contributed by atoms with Crippen LogP contribution in [0, 0.1) is 12.8 Å². The molecule has 2 heterocycles. The zero-order chi connectivity index (χ0) is 19.5. The third-order valence-corrected chi connectivity index (χ3v) is 5.85. The molecule has 0 unspecified atom stereocenters. The van der Waals surface area contributed by atoms with E-state index in [4.69, 9.17) is 0 Å². The Labute approximate surface area is 164 Å². The first kappa shape index (κ1) is 18.7. The van der Waals surface area contributed by atoms with Crippen LogP contribution in [0.2, 0.25) is 0 Å². The van der Waals surface area contributed by atoms with E-state index >= 15 is 0 Å². The van der Waals surface area contributed by atoms with E-state index in [1.807, 2.05) is 25.1 Å². The van der Waals surface area contributed by atoms with Crippen LogP contribution in [0.4, 0.5) is 0 Å². The average Bonchev–Trinajstić information content (AvgIpc) is 2.70. The maximum absolute atomic E-state index is 12.8. The Hall–Kier alpha value is -2.66. The number of hydrogen-bond acceptors (Lipinski definition) is 3. The second-order valence-corrected chi connectivity index (χ2v) is 7.93. The summed E-state index contributed by atoms with van der Waals surface area (Å²) in [4.78, 5) is 30.5. The zero-order valence-electron chi connectivity index (χ0n) is 16.4. The van der Waals surface area contributed by atoms with Crippen molar-refractivity contribution in [2.24, 2.45) is 5.92 Å². The van der Waals surface area contributed by atoms with E-state index in [2.05, 4.69) is 34.1 Å². The fraction of sp³-hybridized carbons (Fsp3) is 0.391. The predicted molar refractivity (Wildman–Crippen MR) is 113 cm³/mol. The fourth-order valence-electron chi connectivity index (χ4n) is 4.15. The van der Waals surface area contributed by atoms with Crippen LogP contribution in [-0.2, 0) is 13.1 Å². The number of hydrogen-bond donors (Lipinski definition) is 1. The number of nitrogens with one attached hydrogen (secondary N) is 1. The molecule has 0 bridgehead atoms. The lowest BCUT2D eigenvalue weighted by Crippen LogP contribution is -2.37. The first-order chi connectivity index (χ1) is 13.6. The lowest BCUT2D eigenvalue weighted by Gasteiger charge is -2.32. The highest BCUT2D eigenvalue weighted by Crippen LogP contribution is 2.22. The molecule has 1 saturated heterocycles. The van der Waals surface area contributed by atoms with Gasteiger partial charge in [0.2, 0.25) is 0 Å². The normalized spacial score (nSPS) is 15.9. The van der Waals surface area contributed by atoms with Crippen molar-refractivity contribution in [1.82, 2.24) is 14.5 Å². The van der Waals surface area contributed by atoms with Crippen LogP contribution in [0.25, 0.3) is 10.9 Å². The molecule has 0 amide bonds. The van der Waals surface area contributed by atoms with Crippen molar-refractivity contribution in [3.63, 3.8) is 0 Å². The summed E-state index contributed by atoms with van der Waals surface area (Å²) in [6.45, 7) is 5.58. The minimum atomic E-state index is -0.303. The van der Waals surface area contributed by atoms with E-state index in [-0.39, 0.29) is 11.2 Å². The second-order valence-electron chi connectivity index (χ2n) is 7.93. The Bertz CT molecular complexity index is 1060. The molecule has 1 aliphatic heterocycles. The van der Waals surface area contributed by atoms with E-state index in [0.717, 1.165) is 44.5 Å². The SMILES string of the molecule is Cc1ccc2[nH]c(=O)n(CCC3CCN(Cc4ccccc4)CC3)c(=O)c2c1. The van der Waals surface area contributed by atoms with Crippen molar-refractivity contribution in [3.8, 4) is 0 Å². The Balaban J connectivity index is 1.38. The first-order valence-corrected chi connectivity index (χ1v) is 10.1. The first-order valence-electron chi connectivity index (χ1n) is 10.1. The summed E-state index contributed by atoms with van der Waals surface area (Å²) in [5.41, 5.74) is 2.51. The molecule has 1 N–H and O–H groups in total. The lowest BCUT2D eigenvalue weighted by atomic mass is 9.93. The van der Waals surface area contributed by atoms with Gasteiger partial charge in [0.25, 0.3) is 5.56 Å². The molecule has 0 aliphatic carbocycles. The summed E-state index contributed by atoms with van der Waals surface area (Å²) in [6.07, 6.45) is 3.11. The number of benzene rings is 2. The smallest absolute Gasteiger partial charge is 0.307 e. The van der Waals surface area contributed by atoms with Crippen LogP contribution in [0.15, 0.2) is 58.1 Å². The molecule has 2 aromatic carbocycles.